The molecule has 1 aromatic rings. The number of aryl methyl sites for hydroxylation is 1. The Morgan fingerprint density at radius 2 is 2.14 bits per heavy atom. The largest absolute Gasteiger partial charge is 0.489 e. The van der Waals surface area contributed by atoms with Crippen LogP contribution < -0.4 is 4.74 Å². The smallest absolute Gasteiger partial charge is 0.307 e. The van der Waals surface area contributed by atoms with Crippen LogP contribution in [0.3, 0.4) is 0 Å². The lowest BCUT2D eigenvalue weighted by molar-refractivity contribution is -0.136. The minimum absolute atomic E-state index is 0.0638. The molecule has 2 rings (SSSR count). The first-order chi connectivity index (χ1) is 10.6. The lowest BCUT2D eigenvalue weighted by Crippen LogP contribution is -2.17. The molecule has 0 spiro atoms. The molecule has 0 unspecified atom stereocenters. The van der Waals surface area contributed by atoms with Crippen molar-refractivity contribution in [2.75, 3.05) is 13.7 Å². The fraction of sp³-hybridized carbons (Fsp3) is 0.294. The predicted octanol–water partition coefficient (Wildman–Crippen LogP) is 3.11. The molecule has 1 aliphatic carbocycles. The van der Waals surface area contributed by atoms with E-state index in [0.29, 0.717) is 17.7 Å². The van der Waals surface area contributed by atoms with Crippen LogP contribution in [0.4, 0.5) is 0 Å². The van der Waals surface area contributed by atoms with Crippen molar-refractivity contribution in [3.63, 3.8) is 0 Å². The topological polar surface area (TPSA) is 68.1 Å². The van der Waals surface area contributed by atoms with Crippen molar-refractivity contribution in [2.45, 2.75) is 19.8 Å². The van der Waals surface area contributed by atoms with Crippen LogP contribution in [0.15, 0.2) is 52.7 Å². The molecule has 1 aliphatic rings. The number of ether oxygens (including phenoxy) is 1. The summed E-state index contributed by atoms with van der Waals surface area (Å²) in [7, 11) is 1.47. The number of nitrogens with zero attached hydrogens (tertiary/aromatic N) is 1. The Morgan fingerprint density at radius 3 is 2.82 bits per heavy atom. The average Bonchev–Trinajstić information content (AvgIpc) is 2.48. The summed E-state index contributed by atoms with van der Waals surface area (Å²) in [5, 5.41) is 13.0. The SMILES string of the molecule is CO/N=C1\CC=CC(CC(=O)O)=C1COc1ccccc1C. The third-order valence-electron chi connectivity index (χ3n) is 3.37. The first-order valence-corrected chi connectivity index (χ1v) is 7.01. The van der Waals surface area contributed by atoms with Crippen molar-refractivity contribution < 1.29 is 19.5 Å². The van der Waals surface area contributed by atoms with E-state index in [9.17, 15) is 4.79 Å². The number of carboxylic acids is 1. The highest BCUT2D eigenvalue weighted by Crippen LogP contribution is 2.23. The van der Waals surface area contributed by atoms with Gasteiger partial charge in [-0.2, -0.15) is 0 Å². The van der Waals surface area contributed by atoms with E-state index in [-0.39, 0.29) is 13.0 Å². The normalized spacial score (nSPS) is 16.0. The number of carbonyl (C=O) groups is 1. The Kier molecular flexibility index (Phi) is 5.36. The summed E-state index contributed by atoms with van der Waals surface area (Å²) in [4.78, 5) is 15.9. The van der Waals surface area contributed by atoms with Gasteiger partial charge in [-0.1, -0.05) is 35.5 Å². The molecule has 1 N–H and O–H groups in total. The van der Waals surface area contributed by atoms with Crippen LogP contribution in [0.25, 0.3) is 0 Å². The minimum Gasteiger partial charge on any atom is -0.489 e. The molecule has 1 aromatic carbocycles. The quantitative estimate of drug-likeness (QED) is 0.820. The highest BCUT2D eigenvalue weighted by molar-refractivity contribution is 6.03. The van der Waals surface area contributed by atoms with Crippen LogP contribution in [0.5, 0.6) is 5.75 Å². The summed E-state index contributed by atoms with van der Waals surface area (Å²) in [5.41, 5.74) is 3.20. The summed E-state index contributed by atoms with van der Waals surface area (Å²) in [5.74, 6) is -0.109. The van der Waals surface area contributed by atoms with Crippen LogP contribution in [0, 0.1) is 6.92 Å². The first kappa shape index (κ1) is 15.8. The third-order valence-corrected chi connectivity index (χ3v) is 3.37. The Labute approximate surface area is 129 Å². The molecular weight excluding hydrogens is 282 g/mol. The van der Waals surface area contributed by atoms with E-state index in [1.165, 1.54) is 7.11 Å². The molecule has 5 heteroatoms. The zero-order valence-electron chi connectivity index (χ0n) is 12.7. The van der Waals surface area contributed by atoms with Crippen molar-refractivity contribution in [3.05, 3.63) is 53.1 Å². The van der Waals surface area contributed by atoms with Crippen LogP contribution in [0.2, 0.25) is 0 Å². The number of aliphatic carboxylic acids is 1. The molecular formula is C17H19NO4. The van der Waals surface area contributed by atoms with E-state index in [1.807, 2.05) is 43.3 Å². The van der Waals surface area contributed by atoms with E-state index in [4.69, 9.17) is 14.7 Å². The van der Waals surface area contributed by atoms with Gasteiger partial charge in [0.15, 0.2) is 0 Å². The number of benzene rings is 1. The van der Waals surface area contributed by atoms with Crippen molar-refractivity contribution >= 4 is 11.7 Å². The molecule has 0 amide bonds. The Morgan fingerprint density at radius 1 is 1.36 bits per heavy atom. The standard InChI is InChI=1S/C17H19NO4/c1-12-6-3-4-9-16(12)22-11-14-13(10-17(19)20)7-5-8-15(14)18-21-2/h3-7,9H,8,10-11H2,1-2H3,(H,19,20)/b18-15+. The number of hydrogen-bond donors (Lipinski definition) is 1. The highest BCUT2D eigenvalue weighted by Gasteiger charge is 2.19. The molecule has 0 radical (unpaired) electrons. The fourth-order valence-electron chi connectivity index (χ4n) is 2.30. The van der Waals surface area contributed by atoms with Crippen molar-refractivity contribution in [3.8, 4) is 5.75 Å². The number of para-hydroxylation sites is 1. The van der Waals surface area contributed by atoms with E-state index in [0.717, 1.165) is 16.9 Å². The van der Waals surface area contributed by atoms with E-state index in [2.05, 4.69) is 5.16 Å². The third kappa shape index (κ3) is 3.97. The zero-order valence-corrected chi connectivity index (χ0v) is 12.7. The molecule has 0 saturated carbocycles. The van der Waals surface area contributed by atoms with Gasteiger partial charge < -0.3 is 14.7 Å². The number of oxime groups is 1. The van der Waals surface area contributed by atoms with E-state index < -0.39 is 5.97 Å². The van der Waals surface area contributed by atoms with Gasteiger partial charge >= 0.3 is 5.97 Å². The fourth-order valence-corrected chi connectivity index (χ4v) is 2.30. The van der Waals surface area contributed by atoms with Crippen LogP contribution in [-0.2, 0) is 9.63 Å². The van der Waals surface area contributed by atoms with Gasteiger partial charge in [0.25, 0.3) is 0 Å². The second-order valence-electron chi connectivity index (χ2n) is 4.96. The maximum absolute atomic E-state index is 11.0. The Hall–Kier alpha value is -2.56. The van der Waals surface area contributed by atoms with E-state index in [1.54, 1.807) is 0 Å². The van der Waals surface area contributed by atoms with Gasteiger partial charge in [0, 0.05) is 12.0 Å². The lowest BCUT2D eigenvalue weighted by Gasteiger charge is -2.18. The maximum atomic E-state index is 11.0. The second-order valence-corrected chi connectivity index (χ2v) is 4.96. The number of hydrogen-bond acceptors (Lipinski definition) is 4. The molecule has 0 aliphatic heterocycles. The van der Waals surface area contributed by atoms with Gasteiger partial charge in [-0.05, 0) is 24.1 Å². The van der Waals surface area contributed by atoms with Crippen LogP contribution in [-0.4, -0.2) is 30.5 Å². The monoisotopic (exact) mass is 301 g/mol. The average molecular weight is 301 g/mol. The summed E-state index contributed by atoms with van der Waals surface area (Å²) in [6, 6.07) is 7.70. The lowest BCUT2D eigenvalue weighted by atomic mass is 9.94. The van der Waals surface area contributed by atoms with E-state index >= 15 is 0 Å². The molecule has 5 nitrogen and oxygen atoms in total. The number of carboxylic acid groups (broad SMARTS) is 1. The molecule has 22 heavy (non-hydrogen) atoms. The molecule has 0 heterocycles. The molecule has 116 valence electrons. The van der Waals surface area contributed by atoms with Crippen LogP contribution in [0.1, 0.15) is 18.4 Å². The minimum atomic E-state index is -0.883. The van der Waals surface area contributed by atoms with Gasteiger partial charge in [0.1, 0.15) is 19.5 Å². The van der Waals surface area contributed by atoms with Gasteiger partial charge in [-0.25, -0.2) is 0 Å². The zero-order chi connectivity index (χ0) is 15.9. The van der Waals surface area contributed by atoms with Crippen LogP contribution >= 0.6 is 0 Å². The van der Waals surface area contributed by atoms with Gasteiger partial charge in [0.05, 0.1) is 12.1 Å². The summed E-state index contributed by atoms with van der Waals surface area (Å²) in [6.07, 6.45) is 4.24. The molecule has 0 fully saturated rings. The molecule has 0 aromatic heterocycles. The van der Waals surface area contributed by atoms with Gasteiger partial charge in [0.2, 0.25) is 0 Å². The van der Waals surface area contributed by atoms with Crippen molar-refractivity contribution in [2.24, 2.45) is 5.16 Å². The summed E-state index contributed by atoms with van der Waals surface area (Å²) < 4.78 is 5.84. The number of allylic oxidation sites excluding steroid dienone is 2. The predicted molar refractivity (Wildman–Crippen MR) is 84.2 cm³/mol. The Balaban J connectivity index is 2.25. The van der Waals surface area contributed by atoms with Gasteiger partial charge in [-0.15, -0.1) is 0 Å². The Bertz CT molecular complexity index is 644. The number of rotatable bonds is 6. The molecule has 0 atom stereocenters. The molecule has 0 bridgehead atoms. The van der Waals surface area contributed by atoms with Gasteiger partial charge in [-0.3, -0.25) is 4.79 Å². The molecule has 0 saturated heterocycles. The second kappa shape index (κ2) is 7.45. The van der Waals surface area contributed by atoms with Crippen molar-refractivity contribution in [1.82, 2.24) is 0 Å². The van der Waals surface area contributed by atoms with Crippen molar-refractivity contribution in [1.29, 1.82) is 0 Å². The highest BCUT2D eigenvalue weighted by atomic mass is 16.6. The summed E-state index contributed by atoms with van der Waals surface area (Å²) in [6.45, 7) is 2.23. The summed E-state index contributed by atoms with van der Waals surface area (Å²) >= 11 is 0. The first-order valence-electron chi connectivity index (χ1n) is 7.01. The maximum Gasteiger partial charge on any atom is 0.307 e.